The Labute approximate surface area is 78.4 Å². The number of fused-ring (bicyclic) bond motifs is 1. The normalized spacial score (nSPS) is 21.5. The van der Waals surface area contributed by atoms with Crippen LogP contribution in [0.5, 0.6) is 0 Å². The van der Waals surface area contributed by atoms with Gasteiger partial charge in [0, 0.05) is 30.8 Å². The average molecular weight is 180 g/mol. The number of aromatic nitrogens is 2. The number of nitrogens with zero attached hydrogens (tertiary/aromatic N) is 2. The fourth-order valence-corrected chi connectivity index (χ4v) is 2.12. The summed E-state index contributed by atoms with van der Waals surface area (Å²) in [6.07, 6.45) is 5.18. The lowest BCUT2D eigenvalue weighted by Gasteiger charge is -2.23. The van der Waals surface area contributed by atoms with Gasteiger partial charge in [0.1, 0.15) is 5.82 Å². The first-order chi connectivity index (χ1) is 6.36. The van der Waals surface area contributed by atoms with Crippen LogP contribution >= 0.6 is 0 Å². The van der Waals surface area contributed by atoms with Crippen LogP contribution in [-0.2, 0) is 13.0 Å². The Morgan fingerprint density at radius 2 is 2.54 bits per heavy atom. The van der Waals surface area contributed by atoms with Gasteiger partial charge in [-0.3, -0.25) is 0 Å². The smallest absolute Gasteiger partial charge is 0.108 e. The van der Waals surface area contributed by atoms with E-state index in [1.807, 2.05) is 6.20 Å². The molecule has 1 atom stereocenters. The second-order valence-electron chi connectivity index (χ2n) is 3.63. The zero-order chi connectivity index (χ0) is 9.26. The van der Waals surface area contributed by atoms with E-state index in [1.165, 1.54) is 12.1 Å². The van der Waals surface area contributed by atoms with Gasteiger partial charge in [0.2, 0.25) is 0 Å². The topological polar surface area (TPSA) is 38.0 Å². The Morgan fingerprint density at radius 1 is 1.69 bits per heavy atom. The number of hydrogen-bond acceptors (Lipinski definition) is 2. The largest absolute Gasteiger partial charge is 0.396 e. The highest BCUT2D eigenvalue weighted by Crippen LogP contribution is 2.27. The summed E-state index contributed by atoms with van der Waals surface area (Å²) < 4.78 is 2.27. The van der Waals surface area contributed by atoms with Crippen LogP contribution in [-0.4, -0.2) is 21.3 Å². The lowest BCUT2D eigenvalue weighted by Crippen LogP contribution is -2.19. The summed E-state index contributed by atoms with van der Waals surface area (Å²) in [4.78, 5) is 4.37. The molecule has 13 heavy (non-hydrogen) atoms. The second-order valence-corrected chi connectivity index (χ2v) is 3.63. The third kappa shape index (κ3) is 1.37. The molecule has 2 heterocycles. The van der Waals surface area contributed by atoms with E-state index >= 15 is 0 Å². The summed E-state index contributed by atoms with van der Waals surface area (Å²) in [7, 11) is 0. The van der Waals surface area contributed by atoms with Crippen molar-refractivity contribution in [1.29, 1.82) is 0 Å². The highest BCUT2D eigenvalue weighted by atomic mass is 16.3. The molecule has 0 spiro atoms. The summed E-state index contributed by atoms with van der Waals surface area (Å²) >= 11 is 0. The average Bonchev–Trinajstić information content (AvgIpc) is 2.60. The van der Waals surface area contributed by atoms with Gasteiger partial charge in [0.25, 0.3) is 0 Å². The van der Waals surface area contributed by atoms with E-state index in [0.717, 1.165) is 25.2 Å². The first-order valence-electron chi connectivity index (χ1n) is 5.02. The van der Waals surface area contributed by atoms with E-state index in [0.29, 0.717) is 5.92 Å². The molecule has 72 valence electrons. The number of aryl methyl sites for hydroxylation is 1. The SMILES string of the molecule is CCc1ncc2n1CCCC2CO. The Kier molecular flexibility index (Phi) is 2.36. The summed E-state index contributed by atoms with van der Waals surface area (Å²) in [5.41, 5.74) is 1.23. The molecule has 3 heteroatoms. The second kappa shape index (κ2) is 3.50. The van der Waals surface area contributed by atoms with E-state index < -0.39 is 0 Å². The molecule has 0 fully saturated rings. The van der Waals surface area contributed by atoms with Gasteiger partial charge in [-0.1, -0.05) is 6.92 Å². The third-order valence-corrected chi connectivity index (χ3v) is 2.86. The van der Waals surface area contributed by atoms with E-state index in [9.17, 15) is 5.11 Å². The number of imidazole rings is 1. The van der Waals surface area contributed by atoms with Gasteiger partial charge >= 0.3 is 0 Å². The van der Waals surface area contributed by atoms with Crippen molar-refractivity contribution in [3.8, 4) is 0 Å². The summed E-state index contributed by atoms with van der Waals surface area (Å²) in [6.45, 7) is 3.46. The fraction of sp³-hybridized carbons (Fsp3) is 0.700. The van der Waals surface area contributed by atoms with Gasteiger partial charge in [-0.05, 0) is 12.8 Å². The lowest BCUT2D eigenvalue weighted by atomic mass is 9.97. The molecule has 0 amide bonds. The van der Waals surface area contributed by atoms with Crippen LogP contribution in [0, 0.1) is 0 Å². The molecule has 0 aliphatic carbocycles. The van der Waals surface area contributed by atoms with Crippen molar-refractivity contribution in [2.45, 2.75) is 38.6 Å². The van der Waals surface area contributed by atoms with Gasteiger partial charge < -0.3 is 9.67 Å². The van der Waals surface area contributed by atoms with Gasteiger partial charge in [-0.15, -0.1) is 0 Å². The van der Waals surface area contributed by atoms with Crippen LogP contribution in [0.25, 0.3) is 0 Å². The lowest BCUT2D eigenvalue weighted by molar-refractivity contribution is 0.240. The van der Waals surface area contributed by atoms with Gasteiger partial charge in [0.15, 0.2) is 0 Å². The molecule has 0 saturated heterocycles. The minimum atomic E-state index is 0.259. The van der Waals surface area contributed by atoms with E-state index in [1.54, 1.807) is 0 Å². The first-order valence-corrected chi connectivity index (χ1v) is 5.02. The number of rotatable bonds is 2. The molecule has 3 nitrogen and oxygen atoms in total. The van der Waals surface area contributed by atoms with E-state index in [4.69, 9.17) is 0 Å². The Balaban J connectivity index is 2.36. The molecule has 1 aliphatic heterocycles. The summed E-state index contributed by atoms with van der Waals surface area (Å²) in [5, 5.41) is 9.18. The molecule has 2 rings (SSSR count). The predicted molar refractivity (Wildman–Crippen MR) is 50.7 cm³/mol. The van der Waals surface area contributed by atoms with Gasteiger partial charge in [-0.25, -0.2) is 4.98 Å². The van der Waals surface area contributed by atoms with Crippen molar-refractivity contribution >= 4 is 0 Å². The number of hydrogen-bond donors (Lipinski definition) is 1. The standard InChI is InChI=1S/C10H16N2O/c1-2-10-11-6-9-8(7-13)4-3-5-12(9)10/h6,8,13H,2-5,7H2,1H3. The predicted octanol–water partition coefficient (Wildman–Crippen LogP) is 1.32. The van der Waals surface area contributed by atoms with Gasteiger partial charge in [0.05, 0.1) is 6.61 Å². The molecule has 0 saturated carbocycles. The summed E-state index contributed by atoms with van der Waals surface area (Å²) in [5.74, 6) is 1.48. The van der Waals surface area contributed by atoms with Crippen LogP contribution in [0.2, 0.25) is 0 Å². The molecule has 1 aromatic heterocycles. The van der Waals surface area contributed by atoms with Crippen molar-refractivity contribution in [3.05, 3.63) is 17.7 Å². The van der Waals surface area contributed by atoms with E-state index in [-0.39, 0.29) is 6.61 Å². The van der Waals surface area contributed by atoms with Crippen molar-refractivity contribution in [2.75, 3.05) is 6.61 Å². The molecule has 1 N–H and O–H groups in total. The Bertz CT molecular complexity index is 293. The molecule has 0 radical (unpaired) electrons. The maximum atomic E-state index is 9.18. The molecule has 1 aromatic rings. The molecule has 0 aromatic carbocycles. The number of aliphatic hydroxyl groups is 1. The third-order valence-electron chi connectivity index (χ3n) is 2.86. The van der Waals surface area contributed by atoms with Crippen LogP contribution in [0.3, 0.4) is 0 Å². The highest BCUT2D eigenvalue weighted by Gasteiger charge is 2.21. The zero-order valence-electron chi connectivity index (χ0n) is 8.03. The molecule has 1 unspecified atom stereocenters. The van der Waals surface area contributed by atoms with Crippen LogP contribution < -0.4 is 0 Å². The van der Waals surface area contributed by atoms with Crippen LogP contribution in [0.15, 0.2) is 6.20 Å². The first kappa shape index (κ1) is 8.75. The molecule has 0 bridgehead atoms. The minimum absolute atomic E-state index is 0.259. The maximum Gasteiger partial charge on any atom is 0.108 e. The Morgan fingerprint density at radius 3 is 3.23 bits per heavy atom. The fourth-order valence-electron chi connectivity index (χ4n) is 2.12. The Hall–Kier alpha value is -0.830. The van der Waals surface area contributed by atoms with Crippen molar-refractivity contribution in [2.24, 2.45) is 0 Å². The van der Waals surface area contributed by atoms with Crippen LogP contribution in [0.1, 0.15) is 37.2 Å². The summed E-state index contributed by atoms with van der Waals surface area (Å²) in [6, 6.07) is 0. The number of aliphatic hydroxyl groups excluding tert-OH is 1. The van der Waals surface area contributed by atoms with Crippen molar-refractivity contribution < 1.29 is 5.11 Å². The van der Waals surface area contributed by atoms with E-state index in [2.05, 4.69) is 16.5 Å². The monoisotopic (exact) mass is 180 g/mol. The molecular weight excluding hydrogens is 164 g/mol. The van der Waals surface area contributed by atoms with Crippen molar-refractivity contribution in [1.82, 2.24) is 9.55 Å². The zero-order valence-corrected chi connectivity index (χ0v) is 8.03. The quantitative estimate of drug-likeness (QED) is 0.745. The highest BCUT2D eigenvalue weighted by molar-refractivity contribution is 5.13. The molecule has 1 aliphatic rings. The van der Waals surface area contributed by atoms with Gasteiger partial charge in [-0.2, -0.15) is 0 Å². The minimum Gasteiger partial charge on any atom is -0.396 e. The molecular formula is C10H16N2O. The van der Waals surface area contributed by atoms with Crippen molar-refractivity contribution in [3.63, 3.8) is 0 Å². The van der Waals surface area contributed by atoms with Crippen LogP contribution in [0.4, 0.5) is 0 Å². The maximum absolute atomic E-state index is 9.18.